The van der Waals surface area contributed by atoms with Crippen LogP contribution in [0.1, 0.15) is 25.3 Å². The number of halogens is 3. The maximum absolute atomic E-state index is 11.9. The van der Waals surface area contributed by atoms with E-state index >= 15 is 0 Å². The maximum Gasteiger partial charge on any atom is 0.240 e. The summed E-state index contributed by atoms with van der Waals surface area (Å²) >= 11 is 15.2. The molecule has 8 heteroatoms. The summed E-state index contributed by atoms with van der Waals surface area (Å²) in [7, 11) is 0. The van der Waals surface area contributed by atoms with Crippen LogP contribution in [0.5, 0.6) is 0 Å². The van der Waals surface area contributed by atoms with Crippen molar-refractivity contribution in [3.8, 4) is 0 Å². The molecule has 0 heterocycles. The van der Waals surface area contributed by atoms with E-state index in [-0.39, 0.29) is 24.7 Å². The molecule has 2 rings (SSSR count). The predicted octanol–water partition coefficient (Wildman–Crippen LogP) is 5.02. The predicted molar refractivity (Wildman–Crippen MR) is 109 cm³/mol. The van der Waals surface area contributed by atoms with E-state index < -0.39 is 0 Å². The van der Waals surface area contributed by atoms with Crippen molar-refractivity contribution in [2.24, 2.45) is 5.10 Å². The maximum atomic E-state index is 11.9. The molecule has 0 unspecified atom stereocenters. The number of hydrogen-bond donors (Lipinski definition) is 2. The average molecular weight is 457 g/mol. The minimum Gasteiger partial charge on any atom is -0.325 e. The Labute approximate surface area is 169 Å². The van der Waals surface area contributed by atoms with E-state index in [9.17, 15) is 9.59 Å². The number of rotatable bonds is 6. The number of carbonyl (C=O) groups excluding carboxylic acids is 2. The number of hydrazone groups is 1. The Balaban J connectivity index is 1.81. The fourth-order valence-corrected chi connectivity index (χ4v) is 2.71. The lowest BCUT2D eigenvalue weighted by Crippen LogP contribution is -2.21. The smallest absolute Gasteiger partial charge is 0.240 e. The van der Waals surface area contributed by atoms with E-state index in [4.69, 9.17) is 23.2 Å². The van der Waals surface area contributed by atoms with Gasteiger partial charge in [0.15, 0.2) is 0 Å². The third-order valence-electron chi connectivity index (χ3n) is 3.39. The summed E-state index contributed by atoms with van der Waals surface area (Å²) in [4.78, 5) is 23.8. The van der Waals surface area contributed by atoms with Crippen LogP contribution in [0.4, 0.5) is 5.69 Å². The zero-order chi connectivity index (χ0) is 19.1. The molecule has 26 heavy (non-hydrogen) atoms. The zero-order valence-electron chi connectivity index (χ0n) is 13.9. The molecule has 2 N–H and O–H groups in total. The van der Waals surface area contributed by atoms with Crippen molar-refractivity contribution in [2.75, 3.05) is 5.32 Å². The van der Waals surface area contributed by atoms with Crippen LogP contribution < -0.4 is 10.7 Å². The lowest BCUT2D eigenvalue weighted by molar-refractivity contribution is -0.124. The first-order valence-corrected chi connectivity index (χ1v) is 9.24. The molecule has 136 valence electrons. The Bertz CT molecular complexity index is 839. The van der Waals surface area contributed by atoms with E-state index in [0.717, 1.165) is 10.0 Å². The Morgan fingerprint density at radius 2 is 1.69 bits per heavy atom. The molecule has 0 aliphatic heterocycles. The van der Waals surface area contributed by atoms with E-state index in [1.807, 2.05) is 24.3 Å². The Morgan fingerprint density at radius 1 is 1.04 bits per heavy atom. The van der Waals surface area contributed by atoms with Crippen LogP contribution in [0.25, 0.3) is 0 Å². The SMILES string of the molecule is CC(=NNC(=O)CCC(=O)Nc1ccc(Cl)cc1Cl)c1ccc(Br)cc1. The second-order valence-corrected chi connectivity index (χ2v) is 7.17. The highest BCUT2D eigenvalue weighted by atomic mass is 79.9. The van der Waals surface area contributed by atoms with Gasteiger partial charge in [0, 0.05) is 22.3 Å². The number of nitrogens with one attached hydrogen (secondary N) is 2. The molecule has 0 bridgehead atoms. The summed E-state index contributed by atoms with van der Waals surface area (Å²) in [5, 5.41) is 7.50. The first-order valence-electron chi connectivity index (χ1n) is 7.69. The molecule has 5 nitrogen and oxygen atoms in total. The second kappa shape index (κ2) is 9.71. The van der Waals surface area contributed by atoms with Gasteiger partial charge < -0.3 is 5.32 Å². The van der Waals surface area contributed by atoms with Crippen molar-refractivity contribution >= 4 is 62.3 Å². The molecule has 0 aliphatic rings. The van der Waals surface area contributed by atoms with E-state index in [1.165, 1.54) is 6.07 Å². The molecule has 2 amide bonds. The summed E-state index contributed by atoms with van der Waals surface area (Å²) in [5.74, 6) is -0.670. The fraction of sp³-hybridized carbons (Fsp3) is 0.167. The van der Waals surface area contributed by atoms with Crippen LogP contribution in [0.15, 0.2) is 52.0 Å². The molecular weight excluding hydrogens is 441 g/mol. The van der Waals surface area contributed by atoms with Gasteiger partial charge >= 0.3 is 0 Å². The quantitative estimate of drug-likeness (QED) is 0.473. The lowest BCUT2D eigenvalue weighted by atomic mass is 10.1. The van der Waals surface area contributed by atoms with Crippen LogP contribution in [0.2, 0.25) is 10.0 Å². The molecule has 0 atom stereocenters. The summed E-state index contributed by atoms with van der Waals surface area (Å²) < 4.78 is 0.963. The summed E-state index contributed by atoms with van der Waals surface area (Å²) in [6.45, 7) is 1.79. The van der Waals surface area contributed by atoms with E-state index in [0.29, 0.717) is 21.4 Å². The summed E-state index contributed by atoms with van der Waals surface area (Å²) in [5.41, 5.74) is 4.46. The summed E-state index contributed by atoms with van der Waals surface area (Å²) in [6.07, 6.45) is 0.0196. The van der Waals surface area contributed by atoms with Crippen molar-refractivity contribution in [3.63, 3.8) is 0 Å². The number of nitrogens with zero attached hydrogens (tertiary/aromatic N) is 1. The number of hydrogen-bond acceptors (Lipinski definition) is 3. The van der Waals surface area contributed by atoms with Gasteiger partial charge in [-0.1, -0.05) is 51.3 Å². The third-order valence-corrected chi connectivity index (χ3v) is 4.47. The topological polar surface area (TPSA) is 70.6 Å². The fourth-order valence-electron chi connectivity index (χ4n) is 1.99. The number of amides is 2. The van der Waals surface area contributed by atoms with Gasteiger partial charge in [-0.2, -0.15) is 5.10 Å². The highest BCUT2D eigenvalue weighted by molar-refractivity contribution is 9.10. The van der Waals surface area contributed by atoms with Crippen LogP contribution in [0, 0.1) is 0 Å². The van der Waals surface area contributed by atoms with Crippen LogP contribution >= 0.6 is 39.1 Å². The van der Waals surface area contributed by atoms with Crippen molar-refractivity contribution in [1.29, 1.82) is 0 Å². The molecule has 0 aliphatic carbocycles. The van der Waals surface area contributed by atoms with Gasteiger partial charge in [-0.3, -0.25) is 9.59 Å². The normalized spacial score (nSPS) is 11.2. The molecule has 0 saturated heterocycles. The number of benzene rings is 2. The van der Waals surface area contributed by atoms with E-state index in [1.54, 1.807) is 19.1 Å². The number of anilines is 1. The Morgan fingerprint density at radius 3 is 2.35 bits per heavy atom. The largest absolute Gasteiger partial charge is 0.325 e. The highest BCUT2D eigenvalue weighted by Crippen LogP contribution is 2.25. The highest BCUT2D eigenvalue weighted by Gasteiger charge is 2.09. The van der Waals surface area contributed by atoms with Crippen molar-refractivity contribution in [3.05, 3.63) is 62.5 Å². The Kier molecular flexibility index (Phi) is 7.63. The minimum atomic E-state index is -0.348. The molecule has 0 saturated carbocycles. The summed E-state index contributed by atoms with van der Waals surface area (Å²) in [6, 6.07) is 12.3. The molecule has 0 radical (unpaired) electrons. The lowest BCUT2D eigenvalue weighted by Gasteiger charge is -2.07. The van der Waals surface area contributed by atoms with Gasteiger partial charge in [0.1, 0.15) is 0 Å². The van der Waals surface area contributed by atoms with Crippen molar-refractivity contribution in [2.45, 2.75) is 19.8 Å². The van der Waals surface area contributed by atoms with Crippen molar-refractivity contribution in [1.82, 2.24) is 5.43 Å². The first kappa shape index (κ1) is 20.4. The van der Waals surface area contributed by atoms with Crippen molar-refractivity contribution < 1.29 is 9.59 Å². The van der Waals surface area contributed by atoms with Gasteiger partial charge in [-0.15, -0.1) is 0 Å². The van der Waals surface area contributed by atoms with Gasteiger partial charge in [0.25, 0.3) is 0 Å². The number of carbonyl (C=O) groups is 2. The van der Waals surface area contributed by atoms with Crippen LogP contribution in [0.3, 0.4) is 0 Å². The van der Waals surface area contributed by atoms with E-state index in [2.05, 4.69) is 31.8 Å². The molecule has 2 aromatic carbocycles. The third kappa shape index (κ3) is 6.44. The minimum absolute atomic E-state index is 0.00810. The van der Waals surface area contributed by atoms with Gasteiger partial charge in [-0.25, -0.2) is 5.43 Å². The monoisotopic (exact) mass is 455 g/mol. The zero-order valence-corrected chi connectivity index (χ0v) is 17.0. The molecule has 2 aromatic rings. The standard InChI is InChI=1S/C18H16BrCl2N3O2/c1-11(12-2-4-13(19)5-3-12)23-24-18(26)9-8-17(25)22-16-7-6-14(20)10-15(16)21/h2-7,10H,8-9H2,1H3,(H,22,25)(H,24,26). The molecule has 0 aromatic heterocycles. The van der Waals surface area contributed by atoms with Crippen LogP contribution in [-0.2, 0) is 9.59 Å². The second-order valence-electron chi connectivity index (χ2n) is 5.41. The molecular formula is C18H16BrCl2N3O2. The van der Waals surface area contributed by atoms with Gasteiger partial charge in [0.2, 0.25) is 11.8 Å². The van der Waals surface area contributed by atoms with Gasteiger partial charge in [0.05, 0.1) is 16.4 Å². The Hall–Kier alpha value is -1.89. The van der Waals surface area contributed by atoms with Crippen LogP contribution in [-0.4, -0.2) is 17.5 Å². The van der Waals surface area contributed by atoms with Gasteiger partial charge in [-0.05, 0) is 42.8 Å². The molecule has 0 fully saturated rings. The molecule has 0 spiro atoms. The first-order chi connectivity index (χ1) is 12.3. The average Bonchev–Trinajstić information content (AvgIpc) is 2.61.